The van der Waals surface area contributed by atoms with Gasteiger partial charge in [0.1, 0.15) is 5.69 Å². The molecular weight excluding hydrogens is 349 g/mol. The Hall–Kier alpha value is -2.70. The van der Waals surface area contributed by atoms with Crippen LogP contribution in [-0.2, 0) is 0 Å². The van der Waals surface area contributed by atoms with E-state index in [1.807, 2.05) is 6.07 Å². The first kappa shape index (κ1) is 16.2. The fraction of sp³-hybridized carbons (Fsp3) is 0. The van der Waals surface area contributed by atoms with E-state index in [1.165, 1.54) is 6.21 Å². The van der Waals surface area contributed by atoms with Gasteiger partial charge in [-0.05, 0) is 30.3 Å². The fourth-order valence-corrected chi connectivity index (χ4v) is 2.49. The van der Waals surface area contributed by atoms with Crippen molar-refractivity contribution in [3.05, 3.63) is 70.1 Å². The van der Waals surface area contributed by atoms with E-state index < -0.39 is 5.91 Å². The van der Waals surface area contributed by atoms with Crippen molar-refractivity contribution in [3.8, 4) is 11.3 Å². The number of aromatic nitrogens is 3. The van der Waals surface area contributed by atoms with Crippen molar-refractivity contribution >= 4 is 35.3 Å². The lowest BCUT2D eigenvalue weighted by atomic mass is 10.1. The molecule has 2 aromatic heterocycles. The molecule has 3 rings (SSSR count). The predicted molar refractivity (Wildman–Crippen MR) is 93.3 cm³/mol. The van der Waals surface area contributed by atoms with Gasteiger partial charge >= 0.3 is 0 Å². The van der Waals surface area contributed by atoms with E-state index >= 15 is 0 Å². The topological polar surface area (TPSA) is 83.0 Å². The zero-order valence-electron chi connectivity index (χ0n) is 12.2. The van der Waals surface area contributed by atoms with Gasteiger partial charge < -0.3 is 0 Å². The van der Waals surface area contributed by atoms with Gasteiger partial charge in [0.15, 0.2) is 0 Å². The highest BCUT2D eigenvalue weighted by Gasteiger charge is 2.11. The Bertz CT molecular complexity index is 872. The Balaban J connectivity index is 1.71. The Labute approximate surface area is 147 Å². The first-order valence-electron chi connectivity index (χ1n) is 6.87. The molecule has 2 heterocycles. The highest BCUT2D eigenvalue weighted by molar-refractivity contribution is 6.35. The summed E-state index contributed by atoms with van der Waals surface area (Å²) in [5, 5.41) is 11.6. The van der Waals surface area contributed by atoms with Crippen LogP contribution in [0.25, 0.3) is 11.3 Å². The minimum Gasteiger partial charge on any atom is -0.272 e. The lowest BCUT2D eigenvalue weighted by molar-refractivity contribution is 0.0950. The maximum Gasteiger partial charge on any atom is 0.289 e. The van der Waals surface area contributed by atoms with Gasteiger partial charge in [0.2, 0.25) is 0 Å². The van der Waals surface area contributed by atoms with Crippen molar-refractivity contribution < 1.29 is 4.79 Å². The Kier molecular flexibility index (Phi) is 4.88. The third kappa shape index (κ3) is 3.98. The van der Waals surface area contributed by atoms with Crippen LogP contribution < -0.4 is 5.43 Å². The van der Waals surface area contributed by atoms with E-state index in [-0.39, 0.29) is 5.69 Å². The molecule has 2 N–H and O–H groups in total. The summed E-state index contributed by atoms with van der Waals surface area (Å²) >= 11 is 11.9. The van der Waals surface area contributed by atoms with Crippen molar-refractivity contribution in [3.63, 3.8) is 0 Å². The number of hydrogen-bond donors (Lipinski definition) is 2. The van der Waals surface area contributed by atoms with Crippen LogP contribution in [0, 0.1) is 0 Å². The smallest absolute Gasteiger partial charge is 0.272 e. The number of H-pyrrole nitrogens is 1. The monoisotopic (exact) mass is 359 g/mol. The molecule has 0 bridgehead atoms. The molecule has 0 aliphatic heterocycles. The highest BCUT2D eigenvalue weighted by atomic mass is 35.5. The highest BCUT2D eigenvalue weighted by Crippen LogP contribution is 2.26. The molecule has 0 aliphatic rings. The van der Waals surface area contributed by atoms with Crippen LogP contribution in [0.5, 0.6) is 0 Å². The maximum absolute atomic E-state index is 12.0. The number of aromatic amines is 1. The van der Waals surface area contributed by atoms with Crippen molar-refractivity contribution in [2.75, 3.05) is 0 Å². The summed E-state index contributed by atoms with van der Waals surface area (Å²) in [5.41, 5.74) is 4.72. The molecule has 0 atom stereocenters. The van der Waals surface area contributed by atoms with E-state index in [0.717, 1.165) is 5.56 Å². The summed E-state index contributed by atoms with van der Waals surface area (Å²) < 4.78 is 0. The zero-order chi connectivity index (χ0) is 16.9. The molecule has 1 amide bonds. The molecular formula is C16H11Cl2N5O. The lowest BCUT2D eigenvalue weighted by Crippen LogP contribution is -2.18. The molecule has 0 radical (unpaired) electrons. The minimum atomic E-state index is -0.415. The van der Waals surface area contributed by atoms with Crippen LogP contribution in [-0.4, -0.2) is 27.3 Å². The van der Waals surface area contributed by atoms with E-state index in [0.29, 0.717) is 21.3 Å². The van der Waals surface area contributed by atoms with Crippen molar-refractivity contribution in [2.45, 2.75) is 0 Å². The summed E-state index contributed by atoms with van der Waals surface area (Å²) in [6.07, 6.45) is 4.79. The van der Waals surface area contributed by atoms with Crippen LogP contribution in [0.15, 0.2) is 53.9 Å². The molecule has 3 aromatic rings. The molecule has 0 fully saturated rings. The van der Waals surface area contributed by atoms with Gasteiger partial charge in [0, 0.05) is 33.6 Å². The van der Waals surface area contributed by atoms with Gasteiger partial charge in [0.25, 0.3) is 5.91 Å². The van der Waals surface area contributed by atoms with Gasteiger partial charge in [-0.25, -0.2) is 5.43 Å². The molecule has 6 nitrogen and oxygen atoms in total. The summed E-state index contributed by atoms with van der Waals surface area (Å²) in [6, 6.07) is 10.2. The van der Waals surface area contributed by atoms with E-state index in [1.54, 1.807) is 42.7 Å². The first-order chi connectivity index (χ1) is 11.6. The number of benzene rings is 1. The van der Waals surface area contributed by atoms with Crippen LogP contribution in [0.2, 0.25) is 10.0 Å². The number of carbonyl (C=O) groups excluding carboxylic acids is 1. The van der Waals surface area contributed by atoms with Crippen LogP contribution in [0.4, 0.5) is 0 Å². The molecule has 0 spiro atoms. The number of nitrogens with zero attached hydrogens (tertiary/aromatic N) is 3. The second kappa shape index (κ2) is 7.25. The molecule has 1 aromatic carbocycles. The van der Waals surface area contributed by atoms with Gasteiger partial charge in [-0.3, -0.25) is 14.9 Å². The molecule has 0 saturated heterocycles. The van der Waals surface area contributed by atoms with Crippen molar-refractivity contribution in [1.82, 2.24) is 20.6 Å². The third-order valence-corrected chi connectivity index (χ3v) is 3.48. The van der Waals surface area contributed by atoms with Gasteiger partial charge in [-0.15, -0.1) is 0 Å². The summed E-state index contributed by atoms with van der Waals surface area (Å²) in [7, 11) is 0. The lowest BCUT2D eigenvalue weighted by Gasteiger charge is -1.98. The third-order valence-electron chi connectivity index (χ3n) is 3.04. The van der Waals surface area contributed by atoms with Gasteiger partial charge in [-0.1, -0.05) is 29.3 Å². The van der Waals surface area contributed by atoms with Crippen LogP contribution in [0.3, 0.4) is 0 Å². The van der Waals surface area contributed by atoms with Gasteiger partial charge in [0.05, 0.1) is 11.9 Å². The summed E-state index contributed by atoms with van der Waals surface area (Å²) in [4.78, 5) is 16.0. The Morgan fingerprint density at radius 1 is 1.21 bits per heavy atom. The quantitative estimate of drug-likeness (QED) is 0.551. The second-order valence-electron chi connectivity index (χ2n) is 4.81. The Morgan fingerprint density at radius 3 is 2.71 bits per heavy atom. The van der Waals surface area contributed by atoms with E-state index in [2.05, 4.69) is 25.7 Å². The zero-order valence-corrected chi connectivity index (χ0v) is 13.7. The number of pyridine rings is 1. The summed E-state index contributed by atoms with van der Waals surface area (Å²) in [5.74, 6) is -0.415. The molecule has 8 heteroatoms. The number of hydrogen-bond acceptors (Lipinski definition) is 4. The normalized spacial score (nSPS) is 10.9. The predicted octanol–water partition coefficient (Wildman–Crippen LogP) is 3.54. The second-order valence-corrected chi connectivity index (χ2v) is 5.68. The molecule has 24 heavy (non-hydrogen) atoms. The number of rotatable bonds is 4. The number of amides is 1. The number of carbonyl (C=O) groups is 1. The fourth-order valence-electron chi connectivity index (χ4n) is 1.97. The van der Waals surface area contributed by atoms with Crippen LogP contribution >= 0.6 is 23.2 Å². The largest absolute Gasteiger partial charge is 0.289 e. The summed E-state index contributed by atoms with van der Waals surface area (Å²) in [6.45, 7) is 0. The van der Waals surface area contributed by atoms with Crippen LogP contribution in [0.1, 0.15) is 16.1 Å². The number of halogens is 2. The molecule has 0 saturated carbocycles. The van der Waals surface area contributed by atoms with E-state index in [9.17, 15) is 4.79 Å². The minimum absolute atomic E-state index is 0.268. The standard InChI is InChI=1S/C16H11Cl2N5O/c17-12-4-11(5-13(18)6-12)14-7-15(22-21-14)16(24)23-20-9-10-2-1-3-19-8-10/h1-9H,(H,21,22)(H,23,24). The average molecular weight is 360 g/mol. The number of nitrogens with one attached hydrogen (secondary N) is 2. The van der Waals surface area contributed by atoms with Crippen molar-refractivity contribution in [2.24, 2.45) is 5.10 Å². The van der Waals surface area contributed by atoms with E-state index in [4.69, 9.17) is 23.2 Å². The average Bonchev–Trinajstić information content (AvgIpc) is 3.05. The molecule has 0 aliphatic carbocycles. The molecule has 0 unspecified atom stereocenters. The maximum atomic E-state index is 12.0. The van der Waals surface area contributed by atoms with Crippen molar-refractivity contribution in [1.29, 1.82) is 0 Å². The molecule has 120 valence electrons. The van der Waals surface area contributed by atoms with Gasteiger partial charge in [-0.2, -0.15) is 10.2 Å². The number of hydrazone groups is 1. The first-order valence-corrected chi connectivity index (χ1v) is 7.63. The Morgan fingerprint density at radius 2 is 2.00 bits per heavy atom. The SMILES string of the molecule is O=C(NN=Cc1cccnc1)c1cc(-c2cc(Cl)cc(Cl)c2)n[nH]1.